The van der Waals surface area contributed by atoms with E-state index in [1.54, 1.807) is 7.11 Å². The Balaban J connectivity index is 1.54. The van der Waals surface area contributed by atoms with Crippen LogP contribution in [0.15, 0.2) is 24.3 Å². The number of amides is 1. The second-order valence-corrected chi connectivity index (χ2v) is 6.52. The third kappa shape index (κ3) is 3.61. The van der Waals surface area contributed by atoms with E-state index in [1.165, 1.54) is 6.42 Å². The Hall–Kier alpha value is -1.75. The topological polar surface area (TPSA) is 36.0 Å². The van der Waals surface area contributed by atoms with Gasteiger partial charge >= 0.3 is 0 Å². The van der Waals surface area contributed by atoms with Gasteiger partial charge in [-0.1, -0.05) is 12.1 Å². The molecule has 3 rings (SSSR count). The summed E-state index contributed by atoms with van der Waals surface area (Å²) in [6.45, 7) is 4.46. The van der Waals surface area contributed by atoms with Crippen LogP contribution in [0.25, 0.3) is 0 Å². The first kappa shape index (κ1) is 16.1. The molecule has 2 aliphatic heterocycles. The lowest BCUT2D eigenvalue weighted by molar-refractivity contribution is -0.132. The number of carbonyl (C=O) groups excluding carboxylic acids is 1. The number of rotatable bonds is 4. The zero-order chi connectivity index (χ0) is 16.2. The number of nitrogens with zero attached hydrogens (tertiary/aromatic N) is 3. The zero-order valence-electron chi connectivity index (χ0n) is 14.2. The van der Waals surface area contributed by atoms with Gasteiger partial charge in [0.1, 0.15) is 5.75 Å². The van der Waals surface area contributed by atoms with Crippen molar-refractivity contribution in [1.82, 2.24) is 9.80 Å². The predicted molar refractivity (Wildman–Crippen MR) is 92.1 cm³/mol. The fourth-order valence-electron chi connectivity index (χ4n) is 3.66. The maximum atomic E-state index is 12.5. The molecular weight excluding hydrogens is 290 g/mol. The third-order valence-corrected chi connectivity index (χ3v) is 5.14. The Morgan fingerprint density at radius 2 is 1.91 bits per heavy atom. The molecule has 0 bridgehead atoms. The van der Waals surface area contributed by atoms with Crippen molar-refractivity contribution in [2.24, 2.45) is 0 Å². The van der Waals surface area contributed by atoms with Crippen molar-refractivity contribution in [1.29, 1.82) is 0 Å². The summed E-state index contributed by atoms with van der Waals surface area (Å²) in [4.78, 5) is 19.2. The van der Waals surface area contributed by atoms with E-state index < -0.39 is 0 Å². The van der Waals surface area contributed by atoms with Crippen LogP contribution in [0.2, 0.25) is 0 Å². The van der Waals surface area contributed by atoms with E-state index in [4.69, 9.17) is 4.74 Å². The van der Waals surface area contributed by atoms with E-state index in [9.17, 15) is 4.79 Å². The van der Waals surface area contributed by atoms with Crippen molar-refractivity contribution in [3.8, 4) is 5.75 Å². The monoisotopic (exact) mass is 317 g/mol. The van der Waals surface area contributed by atoms with Gasteiger partial charge in [-0.3, -0.25) is 4.79 Å². The molecule has 0 aliphatic carbocycles. The summed E-state index contributed by atoms with van der Waals surface area (Å²) in [6.07, 6.45) is 3.05. The number of likely N-dealkylation sites (tertiary alicyclic amines) is 1. The molecule has 2 fully saturated rings. The van der Waals surface area contributed by atoms with Crippen molar-refractivity contribution in [3.63, 3.8) is 0 Å². The van der Waals surface area contributed by atoms with E-state index in [1.807, 2.05) is 23.1 Å². The Morgan fingerprint density at radius 1 is 1.17 bits per heavy atom. The summed E-state index contributed by atoms with van der Waals surface area (Å²) in [5.74, 6) is 1.21. The van der Waals surface area contributed by atoms with Gasteiger partial charge in [-0.25, -0.2) is 0 Å². The lowest BCUT2D eigenvalue weighted by Crippen LogP contribution is -2.49. The molecule has 1 atom stereocenters. The van der Waals surface area contributed by atoms with Crippen molar-refractivity contribution in [3.05, 3.63) is 24.3 Å². The normalized spacial score (nSPS) is 22.4. The molecule has 1 amide bonds. The van der Waals surface area contributed by atoms with Gasteiger partial charge in [0.25, 0.3) is 0 Å². The number of benzene rings is 1. The minimum Gasteiger partial charge on any atom is -0.495 e. The Kier molecular flexibility index (Phi) is 5.06. The highest BCUT2D eigenvalue weighted by Gasteiger charge is 2.28. The largest absolute Gasteiger partial charge is 0.495 e. The minimum absolute atomic E-state index is 0.309. The van der Waals surface area contributed by atoms with Crippen LogP contribution in [0.1, 0.15) is 19.3 Å². The Morgan fingerprint density at radius 3 is 2.57 bits per heavy atom. The number of piperazine rings is 1. The summed E-state index contributed by atoms with van der Waals surface area (Å²) in [7, 11) is 3.83. The number of hydrogen-bond acceptors (Lipinski definition) is 4. The SMILES string of the molecule is COc1ccccc1N1CCN(C(=O)CC2CCCN2C)CC1. The quantitative estimate of drug-likeness (QED) is 0.849. The molecule has 0 spiro atoms. The minimum atomic E-state index is 0.309. The molecule has 0 radical (unpaired) electrons. The molecule has 5 heteroatoms. The number of anilines is 1. The summed E-state index contributed by atoms with van der Waals surface area (Å²) >= 11 is 0. The first-order valence-electron chi connectivity index (χ1n) is 8.55. The van der Waals surface area contributed by atoms with Gasteiger partial charge in [-0.05, 0) is 38.6 Å². The van der Waals surface area contributed by atoms with Gasteiger partial charge in [0, 0.05) is 38.6 Å². The molecule has 0 saturated carbocycles. The van der Waals surface area contributed by atoms with Crippen molar-refractivity contribution >= 4 is 11.6 Å². The zero-order valence-corrected chi connectivity index (χ0v) is 14.2. The number of methoxy groups -OCH3 is 1. The summed E-state index contributed by atoms with van der Waals surface area (Å²) in [6, 6.07) is 8.53. The van der Waals surface area contributed by atoms with E-state index in [0.29, 0.717) is 18.4 Å². The lowest BCUT2D eigenvalue weighted by Gasteiger charge is -2.37. The van der Waals surface area contributed by atoms with E-state index in [0.717, 1.165) is 50.6 Å². The van der Waals surface area contributed by atoms with E-state index >= 15 is 0 Å². The molecule has 5 nitrogen and oxygen atoms in total. The molecule has 2 saturated heterocycles. The van der Waals surface area contributed by atoms with Crippen LogP contribution in [0.4, 0.5) is 5.69 Å². The molecule has 1 aromatic rings. The molecular formula is C18H27N3O2. The fourth-order valence-corrected chi connectivity index (χ4v) is 3.66. The lowest BCUT2D eigenvalue weighted by atomic mass is 10.1. The molecule has 2 heterocycles. The van der Waals surface area contributed by atoms with Crippen molar-refractivity contribution < 1.29 is 9.53 Å². The predicted octanol–water partition coefficient (Wildman–Crippen LogP) is 1.83. The highest BCUT2D eigenvalue weighted by atomic mass is 16.5. The highest BCUT2D eigenvalue weighted by Crippen LogP contribution is 2.28. The second kappa shape index (κ2) is 7.21. The van der Waals surface area contributed by atoms with Crippen LogP contribution in [-0.2, 0) is 4.79 Å². The van der Waals surface area contributed by atoms with Crippen LogP contribution in [0.5, 0.6) is 5.75 Å². The number of para-hydroxylation sites is 2. The second-order valence-electron chi connectivity index (χ2n) is 6.52. The standard InChI is InChI=1S/C18H27N3O2/c1-19-9-5-6-15(19)14-18(22)21-12-10-20(11-13-21)16-7-3-4-8-17(16)23-2/h3-4,7-8,15H,5-6,9-14H2,1-2H3. The molecule has 0 N–H and O–H groups in total. The van der Waals surface area contributed by atoms with Gasteiger partial charge in [0.05, 0.1) is 12.8 Å². The van der Waals surface area contributed by atoms with Gasteiger partial charge in [-0.2, -0.15) is 0 Å². The Bertz CT molecular complexity index is 541. The Labute approximate surface area is 138 Å². The van der Waals surface area contributed by atoms with Crippen LogP contribution in [0.3, 0.4) is 0 Å². The summed E-state index contributed by atoms with van der Waals surface area (Å²) < 4.78 is 5.45. The summed E-state index contributed by atoms with van der Waals surface area (Å²) in [5, 5.41) is 0. The van der Waals surface area contributed by atoms with Crippen molar-refractivity contribution in [2.75, 3.05) is 51.8 Å². The van der Waals surface area contributed by atoms with E-state index in [-0.39, 0.29) is 0 Å². The average molecular weight is 317 g/mol. The van der Waals surface area contributed by atoms with Gasteiger partial charge in [0.15, 0.2) is 0 Å². The smallest absolute Gasteiger partial charge is 0.224 e. The van der Waals surface area contributed by atoms with Crippen LogP contribution in [-0.4, -0.2) is 68.6 Å². The van der Waals surface area contributed by atoms with Crippen LogP contribution < -0.4 is 9.64 Å². The van der Waals surface area contributed by atoms with Crippen molar-refractivity contribution in [2.45, 2.75) is 25.3 Å². The van der Waals surface area contributed by atoms with Gasteiger partial charge < -0.3 is 19.4 Å². The molecule has 2 aliphatic rings. The maximum absolute atomic E-state index is 12.5. The maximum Gasteiger partial charge on any atom is 0.224 e. The van der Waals surface area contributed by atoms with E-state index in [2.05, 4.69) is 22.9 Å². The van der Waals surface area contributed by atoms with Crippen LogP contribution >= 0.6 is 0 Å². The van der Waals surface area contributed by atoms with Gasteiger partial charge in [-0.15, -0.1) is 0 Å². The molecule has 126 valence electrons. The average Bonchev–Trinajstić information content (AvgIpc) is 3.00. The first-order chi connectivity index (χ1) is 11.2. The number of hydrogen-bond donors (Lipinski definition) is 0. The molecule has 23 heavy (non-hydrogen) atoms. The molecule has 1 unspecified atom stereocenters. The fraction of sp³-hybridized carbons (Fsp3) is 0.611. The van der Waals surface area contributed by atoms with Crippen LogP contribution in [0, 0.1) is 0 Å². The first-order valence-corrected chi connectivity index (χ1v) is 8.55. The molecule has 1 aromatic carbocycles. The molecule has 0 aromatic heterocycles. The third-order valence-electron chi connectivity index (χ3n) is 5.14. The number of carbonyl (C=O) groups is 1. The summed E-state index contributed by atoms with van der Waals surface area (Å²) in [5.41, 5.74) is 1.12. The number of ether oxygens (including phenoxy) is 1. The highest BCUT2D eigenvalue weighted by molar-refractivity contribution is 5.77. The van der Waals surface area contributed by atoms with Gasteiger partial charge in [0.2, 0.25) is 5.91 Å².